The van der Waals surface area contributed by atoms with Gasteiger partial charge in [0.25, 0.3) is 0 Å². The Morgan fingerprint density at radius 3 is 2.50 bits per heavy atom. The van der Waals surface area contributed by atoms with Crippen molar-refractivity contribution in [3.05, 3.63) is 40.1 Å². The summed E-state index contributed by atoms with van der Waals surface area (Å²) < 4.78 is 0. The Morgan fingerprint density at radius 2 is 1.86 bits per heavy atom. The summed E-state index contributed by atoms with van der Waals surface area (Å²) in [6.07, 6.45) is 0. The second kappa shape index (κ2) is 3.46. The molecular weight excluding hydrogens is 190 g/mol. The first-order valence-corrected chi connectivity index (χ1v) is 5.47. The largest absolute Gasteiger partial charge is 0.399 e. The van der Waals surface area contributed by atoms with Crippen LogP contribution in [-0.2, 0) is 0 Å². The number of nitrogens with two attached hydrogens (primary N) is 1. The van der Waals surface area contributed by atoms with Crippen LogP contribution in [0.15, 0.2) is 29.6 Å². The van der Waals surface area contributed by atoms with Crippen molar-refractivity contribution in [2.75, 3.05) is 5.73 Å². The van der Waals surface area contributed by atoms with Crippen molar-refractivity contribution < 1.29 is 0 Å². The van der Waals surface area contributed by atoms with Gasteiger partial charge in [0, 0.05) is 10.6 Å². The van der Waals surface area contributed by atoms with E-state index in [1.54, 1.807) is 11.3 Å². The summed E-state index contributed by atoms with van der Waals surface area (Å²) in [4.78, 5) is 1.35. The van der Waals surface area contributed by atoms with E-state index in [1.807, 2.05) is 12.1 Å². The fraction of sp³-hybridized carbons (Fsp3) is 0.167. The van der Waals surface area contributed by atoms with E-state index in [9.17, 15) is 0 Å². The Bertz CT molecular complexity index is 457. The van der Waals surface area contributed by atoms with Crippen LogP contribution in [0.4, 0.5) is 5.69 Å². The maximum absolute atomic E-state index is 5.79. The molecule has 14 heavy (non-hydrogen) atoms. The van der Waals surface area contributed by atoms with Gasteiger partial charge in [-0.15, -0.1) is 11.3 Å². The normalized spacial score (nSPS) is 10.4. The minimum Gasteiger partial charge on any atom is -0.399 e. The van der Waals surface area contributed by atoms with Gasteiger partial charge in [-0.1, -0.05) is 6.07 Å². The Hall–Kier alpha value is -1.28. The highest BCUT2D eigenvalue weighted by Crippen LogP contribution is 2.31. The molecule has 0 amide bonds. The lowest BCUT2D eigenvalue weighted by atomic mass is 10.0. The molecule has 0 aliphatic carbocycles. The number of thiophene rings is 1. The number of hydrogen-bond acceptors (Lipinski definition) is 2. The van der Waals surface area contributed by atoms with Crippen LogP contribution in [0.1, 0.15) is 10.4 Å². The van der Waals surface area contributed by atoms with Crippen LogP contribution in [0.5, 0.6) is 0 Å². The van der Waals surface area contributed by atoms with Gasteiger partial charge in [-0.05, 0) is 54.1 Å². The van der Waals surface area contributed by atoms with Gasteiger partial charge in [0.1, 0.15) is 0 Å². The fourth-order valence-corrected chi connectivity index (χ4v) is 2.31. The lowest BCUT2D eigenvalue weighted by Crippen LogP contribution is -1.88. The molecule has 0 atom stereocenters. The molecule has 72 valence electrons. The molecule has 0 saturated heterocycles. The second-order valence-electron chi connectivity index (χ2n) is 3.46. The number of hydrogen-bond donors (Lipinski definition) is 1. The van der Waals surface area contributed by atoms with Crippen molar-refractivity contribution in [1.82, 2.24) is 0 Å². The maximum atomic E-state index is 5.79. The van der Waals surface area contributed by atoms with E-state index in [4.69, 9.17) is 5.73 Å². The predicted octanol–water partition coefficient (Wildman–Crippen LogP) is 3.61. The number of benzene rings is 1. The highest BCUT2D eigenvalue weighted by atomic mass is 32.1. The maximum Gasteiger partial charge on any atom is 0.0320 e. The molecule has 0 saturated carbocycles. The van der Waals surface area contributed by atoms with Crippen molar-refractivity contribution in [3.8, 4) is 11.1 Å². The first-order chi connectivity index (χ1) is 6.68. The van der Waals surface area contributed by atoms with Crippen LogP contribution < -0.4 is 5.73 Å². The van der Waals surface area contributed by atoms with Gasteiger partial charge in [-0.25, -0.2) is 0 Å². The molecule has 2 heteroatoms. The molecule has 0 fully saturated rings. The van der Waals surface area contributed by atoms with Gasteiger partial charge in [-0.3, -0.25) is 0 Å². The molecule has 0 aliphatic heterocycles. The van der Waals surface area contributed by atoms with Crippen LogP contribution in [0.2, 0.25) is 0 Å². The van der Waals surface area contributed by atoms with Crippen molar-refractivity contribution in [3.63, 3.8) is 0 Å². The van der Waals surface area contributed by atoms with Crippen LogP contribution in [-0.4, -0.2) is 0 Å². The van der Waals surface area contributed by atoms with E-state index in [0.29, 0.717) is 0 Å². The van der Waals surface area contributed by atoms with E-state index >= 15 is 0 Å². The van der Waals surface area contributed by atoms with Crippen molar-refractivity contribution >= 4 is 17.0 Å². The van der Waals surface area contributed by atoms with Gasteiger partial charge >= 0.3 is 0 Å². The number of rotatable bonds is 1. The molecule has 0 bridgehead atoms. The first kappa shape index (κ1) is 9.28. The monoisotopic (exact) mass is 203 g/mol. The quantitative estimate of drug-likeness (QED) is 0.704. The number of aryl methyl sites for hydroxylation is 2. The molecule has 0 unspecified atom stereocenters. The SMILES string of the molecule is Cc1ccc(N)cc1-c1ccsc1C. The highest BCUT2D eigenvalue weighted by Gasteiger charge is 2.05. The Labute approximate surface area is 88.2 Å². The molecule has 0 spiro atoms. The molecule has 2 aromatic rings. The first-order valence-electron chi connectivity index (χ1n) is 4.59. The summed E-state index contributed by atoms with van der Waals surface area (Å²) in [6, 6.07) is 8.22. The summed E-state index contributed by atoms with van der Waals surface area (Å²) in [5.74, 6) is 0. The average Bonchev–Trinajstić information content (AvgIpc) is 2.56. The molecule has 1 aromatic heterocycles. The van der Waals surface area contributed by atoms with Crippen LogP contribution in [0, 0.1) is 13.8 Å². The fourth-order valence-electron chi connectivity index (χ4n) is 1.59. The Balaban J connectivity index is 2.62. The van der Waals surface area contributed by atoms with Gasteiger partial charge in [0.05, 0.1) is 0 Å². The summed E-state index contributed by atoms with van der Waals surface area (Å²) in [6.45, 7) is 4.26. The van der Waals surface area contributed by atoms with Gasteiger partial charge in [0.2, 0.25) is 0 Å². The van der Waals surface area contributed by atoms with Crippen LogP contribution >= 0.6 is 11.3 Å². The minimum absolute atomic E-state index is 0.830. The molecule has 1 nitrogen and oxygen atoms in total. The summed E-state index contributed by atoms with van der Waals surface area (Å²) in [5.41, 5.74) is 10.5. The molecule has 2 rings (SSSR count). The van der Waals surface area contributed by atoms with Crippen LogP contribution in [0.25, 0.3) is 11.1 Å². The standard InChI is InChI=1S/C12H13NS/c1-8-3-4-10(13)7-12(8)11-5-6-14-9(11)2/h3-7H,13H2,1-2H3. The highest BCUT2D eigenvalue weighted by molar-refractivity contribution is 7.10. The third-order valence-electron chi connectivity index (χ3n) is 2.41. The van der Waals surface area contributed by atoms with Gasteiger partial charge in [0.15, 0.2) is 0 Å². The van der Waals surface area contributed by atoms with Gasteiger partial charge < -0.3 is 5.73 Å². The summed E-state index contributed by atoms with van der Waals surface area (Å²) in [5, 5.41) is 2.12. The van der Waals surface area contributed by atoms with Crippen molar-refractivity contribution in [1.29, 1.82) is 0 Å². The third kappa shape index (κ3) is 1.53. The lowest BCUT2D eigenvalue weighted by molar-refractivity contribution is 1.45. The second-order valence-corrected chi connectivity index (χ2v) is 4.59. The van der Waals surface area contributed by atoms with E-state index in [0.717, 1.165) is 5.69 Å². The van der Waals surface area contributed by atoms with E-state index in [-0.39, 0.29) is 0 Å². The van der Waals surface area contributed by atoms with E-state index in [1.165, 1.54) is 21.6 Å². The van der Waals surface area contributed by atoms with Crippen molar-refractivity contribution in [2.45, 2.75) is 13.8 Å². The topological polar surface area (TPSA) is 26.0 Å². The number of nitrogen functional groups attached to an aromatic ring is 1. The molecule has 2 N–H and O–H groups in total. The van der Waals surface area contributed by atoms with E-state index in [2.05, 4.69) is 31.4 Å². The molecule has 1 heterocycles. The zero-order valence-electron chi connectivity index (χ0n) is 8.37. The Morgan fingerprint density at radius 1 is 1.07 bits per heavy atom. The van der Waals surface area contributed by atoms with Crippen LogP contribution in [0.3, 0.4) is 0 Å². The molecule has 0 aliphatic rings. The van der Waals surface area contributed by atoms with E-state index < -0.39 is 0 Å². The minimum atomic E-state index is 0.830. The average molecular weight is 203 g/mol. The van der Waals surface area contributed by atoms with Crippen molar-refractivity contribution in [2.24, 2.45) is 0 Å². The third-order valence-corrected chi connectivity index (χ3v) is 3.26. The predicted molar refractivity (Wildman–Crippen MR) is 63.6 cm³/mol. The smallest absolute Gasteiger partial charge is 0.0320 e. The molecule has 1 aromatic carbocycles. The van der Waals surface area contributed by atoms with Gasteiger partial charge in [-0.2, -0.15) is 0 Å². The zero-order chi connectivity index (χ0) is 10.1. The molecular formula is C12H13NS. The Kier molecular flexibility index (Phi) is 2.30. The number of anilines is 1. The zero-order valence-corrected chi connectivity index (χ0v) is 9.19. The summed E-state index contributed by atoms with van der Waals surface area (Å²) in [7, 11) is 0. The lowest BCUT2D eigenvalue weighted by Gasteiger charge is -2.06. The summed E-state index contributed by atoms with van der Waals surface area (Å²) >= 11 is 1.77. The molecule has 0 radical (unpaired) electrons.